The molecule has 0 aromatic heterocycles. The monoisotopic (exact) mass is 307 g/mol. The molecule has 108 valence electrons. The molecule has 0 unspecified atom stereocenters. The van der Waals surface area contributed by atoms with Crippen LogP contribution in [0.2, 0.25) is 0 Å². The Morgan fingerprint density at radius 1 is 1.32 bits per heavy atom. The molecule has 1 atom stereocenters. The van der Waals surface area contributed by atoms with Crippen LogP contribution in [-0.4, -0.2) is 34.0 Å². The molecule has 1 rings (SSSR count). The SMILES string of the molecule is CNC(=O)c1ccc(S(=O)(=O)N[C@@H](C)CN)cc1.Cl. The van der Waals surface area contributed by atoms with E-state index in [9.17, 15) is 13.2 Å². The fourth-order valence-electron chi connectivity index (χ4n) is 1.31. The van der Waals surface area contributed by atoms with E-state index in [1.54, 1.807) is 6.92 Å². The molecule has 1 aromatic carbocycles. The lowest BCUT2D eigenvalue weighted by molar-refractivity contribution is 0.0963. The van der Waals surface area contributed by atoms with Crippen LogP contribution in [0.1, 0.15) is 17.3 Å². The third kappa shape index (κ3) is 4.79. The second kappa shape index (κ2) is 7.44. The van der Waals surface area contributed by atoms with Crippen LogP contribution in [0.15, 0.2) is 29.2 Å². The molecule has 0 saturated heterocycles. The van der Waals surface area contributed by atoms with Crippen molar-refractivity contribution < 1.29 is 13.2 Å². The van der Waals surface area contributed by atoms with Crippen LogP contribution in [-0.2, 0) is 10.0 Å². The highest BCUT2D eigenvalue weighted by atomic mass is 35.5. The lowest BCUT2D eigenvalue weighted by Gasteiger charge is -2.12. The molecule has 0 aliphatic rings. The summed E-state index contributed by atoms with van der Waals surface area (Å²) in [5.74, 6) is -0.262. The number of nitrogens with two attached hydrogens (primary N) is 1. The van der Waals surface area contributed by atoms with Gasteiger partial charge in [-0.3, -0.25) is 4.79 Å². The van der Waals surface area contributed by atoms with Crippen molar-refractivity contribution in [3.8, 4) is 0 Å². The summed E-state index contributed by atoms with van der Waals surface area (Å²) in [4.78, 5) is 11.4. The first kappa shape index (κ1) is 17.8. The summed E-state index contributed by atoms with van der Waals surface area (Å²) in [5.41, 5.74) is 5.77. The van der Waals surface area contributed by atoms with Crippen molar-refractivity contribution in [2.45, 2.75) is 17.9 Å². The van der Waals surface area contributed by atoms with E-state index in [1.165, 1.54) is 31.3 Å². The average molecular weight is 308 g/mol. The molecule has 0 aliphatic carbocycles. The van der Waals surface area contributed by atoms with Crippen molar-refractivity contribution in [2.75, 3.05) is 13.6 Å². The average Bonchev–Trinajstić information content (AvgIpc) is 2.37. The molecule has 0 radical (unpaired) electrons. The molecule has 19 heavy (non-hydrogen) atoms. The largest absolute Gasteiger partial charge is 0.355 e. The van der Waals surface area contributed by atoms with Gasteiger partial charge in [0.05, 0.1) is 4.90 Å². The van der Waals surface area contributed by atoms with Gasteiger partial charge in [-0.2, -0.15) is 0 Å². The molecule has 0 bridgehead atoms. The second-order valence-corrected chi connectivity index (χ2v) is 5.58. The van der Waals surface area contributed by atoms with Crippen molar-refractivity contribution in [3.05, 3.63) is 29.8 Å². The van der Waals surface area contributed by atoms with E-state index in [1.807, 2.05) is 0 Å². The van der Waals surface area contributed by atoms with Crippen molar-refractivity contribution in [2.24, 2.45) is 5.73 Å². The van der Waals surface area contributed by atoms with Crippen LogP contribution in [0.4, 0.5) is 0 Å². The number of rotatable bonds is 5. The molecule has 8 heteroatoms. The van der Waals surface area contributed by atoms with E-state index in [2.05, 4.69) is 10.0 Å². The molecule has 6 nitrogen and oxygen atoms in total. The van der Waals surface area contributed by atoms with Gasteiger partial charge >= 0.3 is 0 Å². The first-order valence-electron chi connectivity index (χ1n) is 5.45. The predicted molar refractivity (Wildman–Crippen MR) is 75.9 cm³/mol. The summed E-state index contributed by atoms with van der Waals surface area (Å²) >= 11 is 0. The molecule has 0 fully saturated rings. The summed E-state index contributed by atoms with van der Waals surface area (Å²) in [6.45, 7) is 1.89. The highest BCUT2D eigenvalue weighted by Gasteiger charge is 2.16. The highest BCUT2D eigenvalue weighted by Crippen LogP contribution is 2.11. The summed E-state index contributed by atoms with van der Waals surface area (Å²) in [6.07, 6.45) is 0. The van der Waals surface area contributed by atoms with E-state index < -0.39 is 10.0 Å². The van der Waals surface area contributed by atoms with Gasteiger partial charge in [-0.05, 0) is 31.2 Å². The minimum Gasteiger partial charge on any atom is -0.355 e. The Balaban J connectivity index is 0.00000324. The van der Waals surface area contributed by atoms with Crippen LogP contribution < -0.4 is 15.8 Å². The Hall–Kier alpha value is -1.15. The lowest BCUT2D eigenvalue weighted by Crippen LogP contribution is -2.37. The molecule has 4 N–H and O–H groups in total. The van der Waals surface area contributed by atoms with E-state index >= 15 is 0 Å². The van der Waals surface area contributed by atoms with Crippen molar-refractivity contribution in [3.63, 3.8) is 0 Å². The number of halogens is 1. The zero-order chi connectivity index (χ0) is 13.8. The number of amides is 1. The molecule has 0 spiro atoms. The van der Waals surface area contributed by atoms with Crippen LogP contribution in [0.5, 0.6) is 0 Å². The first-order chi connectivity index (χ1) is 8.40. The van der Waals surface area contributed by atoms with Gasteiger partial charge in [0.1, 0.15) is 0 Å². The van der Waals surface area contributed by atoms with E-state index in [4.69, 9.17) is 5.73 Å². The van der Waals surface area contributed by atoms with Crippen molar-refractivity contribution >= 4 is 28.3 Å². The maximum atomic E-state index is 11.9. The zero-order valence-corrected chi connectivity index (χ0v) is 12.3. The Kier molecular flexibility index (Phi) is 6.99. The minimum absolute atomic E-state index is 0. The highest BCUT2D eigenvalue weighted by molar-refractivity contribution is 7.89. The fourth-order valence-corrected chi connectivity index (χ4v) is 2.57. The number of sulfonamides is 1. The molecule has 0 heterocycles. The molecule has 0 saturated carbocycles. The number of carbonyl (C=O) groups is 1. The molecular weight excluding hydrogens is 290 g/mol. The van der Waals surface area contributed by atoms with Gasteiger partial charge in [0, 0.05) is 25.2 Å². The molecule has 1 aromatic rings. The van der Waals surface area contributed by atoms with Gasteiger partial charge < -0.3 is 11.1 Å². The van der Waals surface area contributed by atoms with Crippen molar-refractivity contribution in [1.82, 2.24) is 10.0 Å². The van der Waals surface area contributed by atoms with Crippen LogP contribution in [0.25, 0.3) is 0 Å². The summed E-state index contributed by atoms with van der Waals surface area (Å²) in [6, 6.07) is 5.35. The topological polar surface area (TPSA) is 101 Å². The number of nitrogens with one attached hydrogen (secondary N) is 2. The second-order valence-electron chi connectivity index (χ2n) is 3.86. The molecule has 1 amide bonds. The Bertz CT molecular complexity index is 516. The number of carbonyl (C=O) groups excluding carboxylic acids is 1. The van der Waals surface area contributed by atoms with Gasteiger partial charge in [-0.15, -0.1) is 12.4 Å². The number of hydrogen-bond donors (Lipinski definition) is 3. The van der Waals surface area contributed by atoms with Gasteiger partial charge in [0.15, 0.2) is 0 Å². The Morgan fingerprint density at radius 3 is 2.26 bits per heavy atom. The van der Waals surface area contributed by atoms with Gasteiger partial charge in [-0.25, -0.2) is 13.1 Å². The zero-order valence-electron chi connectivity index (χ0n) is 10.7. The van der Waals surface area contributed by atoms with Gasteiger partial charge in [0.25, 0.3) is 5.91 Å². The minimum atomic E-state index is -3.58. The van der Waals surface area contributed by atoms with Crippen molar-refractivity contribution in [1.29, 1.82) is 0 Å². The smallest absolute Gasteiger partial charge is 0.251 e. The quantitative estimate of drug-likeness (QED) is 0.717. The summed E-state index contributed by atoms with van der Waals surface area (Å²) < 4.78 is 26.2. The standard InChI is InChI=1S/C11H17N3O3S.ClH/c1-8(7-12)14-18(16,17)10-5-3-9(4-6-10)11(15)13-2;/h3-6,8,14H,7,12H2,1-2H3,(H,13,15);1H/t8-;/m0./s1. The molecule has 0 aliphatic heterocycles. The Labute approximate surface area is 119 Å². The normalized spacial score (nSPS) is 12.4. The lowest BCUT2D eigenvalue weighted by atomic mass is 10.2. The van der Waals surface area contributed by atoms with Crippen LogP contribution in [0, 0.1) is 0 Å². The summed E-state index contributed by atoms with van der Waals surface area (Å²) in [5, 5.41) is 2.46. The van der Waals surface area contributed by atoms with E-state index in [-0.39, 0.29) is 35.8 Å². The first-order valence-corrected chi connectivity index (χ1v) is 6.93. The third-order valence-corrected chi connectivity index (χ3v) is 3.97. The van der Waals surface area contributed by atoms with Gasteiger partial charge in [-0.1, -0.05) is 0 Å². The van der Waals surface area contributed by atoms with E-state index in [0.29, 0.717) is 5.56 Å². The maximum absolute atomic E-state index is 11.9. The van der Waals surface area contributed by atoms with Crippen LogP contribution in [0.3, 0.4) is 0 Å². The van der Waals surface area contributed by atoms with E-state index in [0.717, 1.165) is 0 Å². The fraction of sp³-hybridized carbons (Fsp3) is 0.364. The maximum Gasteiger partial charge on any atom is 0.251 e. The molecular formula is C11H18ClN3O3S. The number of hydrogen-bond acceptors (Lipinski definition) is 4. The third-order valence-electron chi connectivity index (χ3n) is 2.36. The number of benzene rings is 1. The summed E-state index contributed by atoms with van der Waals surface area (Å²) in [7, 11) is -2.07. The Morgan fingerprint density at radius 2 is 1.84 bits per heavy atom. The van der Waals surface area contributed by atoms with Crippen LogP contribution >= 0.6 is 12.4 Å². The van der Waals surface area contributed by atoms with Gasteiger partial charge in [0.2, 0.25) is 10.0 Å². The predicted octanol–water partition coefficient (Wildman–Crippen LogP) is 0.0935.